The van der Waals surface area contributed by atoms with E-state index < -0.39 is 0 Å². The van der Waals surface area contributed by atoms with Gasteiger partial charge < -0.3 is 19.6 Å². The van der Waals surface area contributed by atoms with Crippen LogP contribution in [0.1, 0.15) is 29.0 Å². The van der Waals surface area contributed by atoms with E-state index in [2.05, 4.69) is 9.97 Å². The van der Waals surface area contributed by atoms with E-state index in [1.807, 2.05) is 49.4 Å². The third-order valence-corrected chi connectivity index (χ3v) is 5.04. The van der Waals surface area contributed by atoms with E-state index >= 15 is 0 Å². The van der Waals surface area contributed by atoms with Crippen molar-refractivity contribution in [3.8, 4) is 11.5 Å². The molecule has 0 spiro atoms. The van der Waals surface area contributed by atoms with Crippen LogP contribution in [0.15, 0.2) is 65.5 Å². The monoisotopic (exact) mass is 403 g/mol. The Morgan fingerprint density at radius 1 is 1.03 bits per heavy atom. The van der Waals surface area contributed by atoms with Crippen molar-refractivity contribution in [3.63, 3.8) is 0 Å². The zero-order valence-electron chi connectivity index (χ0n) is 17.0. The highest BCUT2D eigenvalue weighted by Crippen LogP contribution is 2.33. The Hall–Kier alpha value is -3.38. The fourth-order valence-electron chi connectivity index (χ4n) is 3.46. The summed E-state index contributed by atoms with van der Waals surface area (Å²) in [6, 6.07) is 13.5. The lowest BCUT2D eigenvalue weighted by atomic mass is 10.1. The Labute approximate surface area is 175 Å². The number of benzene rings is 1. The number of fused-ring (bicyclic) bond motifs is 1. The molecule has 0 unspecified atom stereocenters. The molecule has 0 saturated heterocycles. The first-order valence-corrected chi connectivity index (χ1v) is 10.1. The van der Waals surface area contributed by atoms with Crippen molar-refractivity contribution in [2.45, 2.75) is 32.9 Å². The minimum atomic E-state index is 0.340. The molecule has 0 aliphatic rings. The molecule has 6 heteroatoms. The fraction of sp³-hybridized carbons (Fsp3) is 0.250. The molecule has 6 nitrogen and oxygen atoms in total. The Morgan fingerprint density at radius 2 is 1.93 bits per heavy atom. The van der Waals surface area contributed by atoms with E-state index in [0.29, 0.717) is 25.5 Å². The molecule has 0 fully saturated rings. The molecule has 2 N–H and O–H groups in total. The first kappa shape index (κ1) is 19.9. The number of nitrogens with two attached hydrogens (primary N) is 1. The summed E-state index contributed by atoms with van der Waals surface area (Å²) in [6.07, 6.45) is 6.89. The van der Waals surface area contributed by atoms with Gasteiger partial charge in [-0.3, -0.25) is 9.97 Å². The Morgan fingerprint density at radius 3 is 2.77 bits per heavy atom. The Balaban J connectivity index is 1.42. The summed E-state index contributed by atoms with van der Waals surface area (Å²) in [7, 11) is 0. The van der Waals surface area contributed by atoms with Crippen molar-refractivity contribution in [2.24, 2.45) is 5.73 Å². The van der Waals surface area contributed by atoms with Gasteiger partial charge in [-0.1, -0.05) is 12.1 Å². The number of aromatic nitrogens is 2. The lowest BCUT2D eigenvalue weighted by Crippen LogP contribution is -2.06. The average molecular weight is 403 g/mol. The topological polar surface area (TPSA) is 83.4 Å². The predicted molar refractivity (Wildman–Crippen MR) is 115 cm³/mol. The van der Waals surface area contributed by atoms with Crippen molar-refractivity contribution in [1.29, 1.82) is 0 Å². The largest absolute Gasteiger partial charge is 0.493 e. The summed E-state index contributed by atoms with van der Waals surface area (Å²) in [5, 5.41) is 0.989. The standard InChI is InChI=1S/C24H25N3O3/c1-17-23(16-29-19-7-4-11-26-15-19)30-22-10-2-9-21(24(17)22)28-13-5-8-20-18(14-25)6-3-12-27-20/h2-4,6-7,9-12,15H,5,8,13-14,16,25H2,1H3. The molecule has 0 aliphatic carbocycles. The van der Waals surface area contributed by atoms with Crippen LogP contribution in [-0.2, 0) is 19.6 Å². The van der Waals surface area contributed by atoms with Gasteiger partial charge in [-0.05, 0) is 55.7 Å². The number of furan rings is 1. The Kier molecular flexibility index (Phi) is 6.25. The van der Waals surface area contributed by atoms with Gasteiger partial charge in [0.1, 0.15) is 29.4 Å². The number of pyridine rings is 2. The van der Waals surface area contributed by atoms with Gasteiger partial charge in [-0.2, -0.15) is 0 Å². The first-order valence-electron chi connectivity index (χ1n) is 10.1. The number of hydrogen-bond acceptors (Lipinski definition) is 6. The molecule has 0 aliphatic heterocycles. The van der Waals surface area contributed by atoms with Crippen LogP contribution in [-0.4, -0.2) is 16.6 Å². The van der Waals surface area contributed by atoms with Gasteiger partial charge in [0.25, 0.3) is 0 Å². The third kappa shape index (κ3) is 4.44. The van der Waals surface area contributed by atoms with Crippen molar-refractivity contribution >= 4 is 11.0 Å². The van der Waals surface area contributed by atoms with Crippen LogP contribution in [0.3, 0.4) is 0 Å². The van der Waals surface area contributed by atoms with E-state index in [-0.39, 0.29) is 0 Å². The van der Waals surface area contributed by atoms with Crippen LogP contribution < -0.4 is 15.2 Å². The molecule has 0 bridgehead atoms. The SMILES string of the molecule is Cc1c(COc2cccnc2)oc2cccc(OCCCc3ncccc3CN)c12. The van der Waals surface area contributed by atoms with E-state index in [1.165, 1.54) is 0 Å². The first-order chi connectivity index (χ1) is 14.8. The quantitative estimate of drug-likeness (QED) is 0.412. The van der Waals surface area contributed by atoms with Crippen molar-refractivity contribution < 1.29 is 13.9 Å². The summed E-state index contributed by atoms with van der Waals surface area (Å²) < 4.78 is 17.9. The summed E-state index contributed by atoms with van der Waals surface area (Å²) in [5.74, 6) is 2.31. The van der Waals surface area contributed by atoms with E-state index in [1.54, 1.807) is 18.6 Å². The van der Waals surface area contributed by atoms with Crippen LogP contribution in [0.4, 0.5) is 0 Å². The molecule has 0 saturated carbocycles. The van der Waals surface area contributed by atoms with Crippen molar-refractivity contribution in [1.82, 2.24) is 9.97 Å². The highest BCUT2D eigenvalue weighted by molar-refractivity contribution is 5.88. The van der Waals surface area contributed by atoms with Gasteiger partial charge in [0, 0.05) is 30.2 Å². The van der Waals surface area contributed by atoms with Crippen LogP contribution in [0.5, 0.6) is 11.5 Å². The number of aryl methyl sites for hydroxylation is 2. The van der Waals surface area contributed by atoms with Gasteiger partial charge in [-0.15, -0.1) is 0 Å². The van der Waals surface area contributed by atoms with Gasteiger partial charge >= 0.3 is 0 Å². The zero-order valence-corrected chi connectivity index (χ0v) is 17.0. The molecule has 4 aromatic rings. The van der Waals surface area contributed by atoms with E-state index in [9.17, 15) is 0 Å². The highest BCUT2D eigenvalue weighted by atomic mass is 16.5. The molecule has 30 heavy (non-hydrogen) atoms. The van der Waals surface area contributed by atoms with Gasteiger partial charge in [0.2, 0.25) is 0 Å². The maximum Gasteiger partial charge on any atom is 0.146 e. The number of hydrogen-bond donors (Lipinski definition) is 1. The Bertz CT molecular complexity index is 1110. The van der Waals surface area contributed by atoms with Crippen LogP contribution in [0, 0.1) is 6.92 Å². The smallest absolute Gasteiger partial charge is 0.146 e. The maximum atomic E-state index is 6.10. The summed E-state index contributed by atoms with van der Waals surface area (Å²) in [4.78, 5) is 8.50. The van der Waals surface area contributed by atoms with Crippen LogP contribution in [0.2, 0.25) is 0 Å². The van der Waals surface area contributed by atoms with E-state index in [4.69, 9.17) is 19.6 Å². The lowest BCUT2D eigenvalue weighted by Gasteiger charge is -2.09. The van der Waals surface area contributed by atoms with Crippen molar-refractivity contribution in [2.75, 3.05) is 6.61 Å². The normalized spacial score (nSPS) is 11.0. The van der Waals surface area contributed by atoms with E-state index in [0.717, 1.165) is 52.1 Å². The number of ether oxygens (including phenoxy) is 2. The molecule has 3 heterocycles. The maximum absolute atomic E-state index is 6.10. The van der Waals surface area contributed by atoms with Gasteiger partial charge in [0.15, 0.2) is 0 Å². The number of rotatable bonds is 9. The molecule has 4 rings (SSSR count). The molecular formula is C24H25N3O3. The molecule has 0 amide bonds. The molecule has 154 valence electrons. The van der Waals surface area contributed by atoms with Crippen molar-refractivity contribution in [3.05, 3.63) is 83.6 Å². The predicted octanol–water partition coefficient (Wildman–Crippen LogP) is 4.58. The highest BCUT2D eigenvalue weighted by Gasteiger charge is 2.15. The van der Waals surface area contributed by atoms with Crippen LogP contribution in [0.25, 0.3) is 11.0 Å². The third-order valence-electron chi connectivity index (χ3n) is 5.04. The minimum absolute atomic E-state index is 0.340. The fourth-order valence-corrected chi connectivity index (χ4v) is 3.46. The average Bonchev–Trinajstić information content (AvgIpc) is 3.12. The lowest BCUT2D eigenvalue weighted by molar-refractivity contribution is 0.272. The summed E-state index contributed by atoms with van der Waals surface area (Å²) in [6.45, 7) is 3.46. The molecule has 0 atom stereocenters. The molecular weight excluding hydrogens is 378 g/mol. The molecule has 0 radical (unpaired) electrons. The van der Waals surface area contributed by atoms with Crippen LogP contribution >= 0.6 is 0 Å². The summed E-state index contributed by atoms with van der Waals surface area (Å²) >= 11 is 0. The molecule has 1 aromatic carbocycles. The molecule has 3 aromatic heterocycles. The number of nitrogens with zero attached hydrogens (tertiary/aromatic N) is 2. The zero-order chi connectivity index (χ0) is 20.8. The van der Waals surface area contributed by atoms with Gasteiger partial charge in [-0.25, -0.2) is 0 Å². The van der Waals surface area contributed by atoms with Gasteiger partial charge in [0.05, 0.1) is 18.2 Å². The second-order valence-electron chi connectivity index (χ2n) is 7.02. The second kappa shape index (κ2) is 9.41. The summed E-state index contributed by atoms with van der Waals surface area (Å²) in [5.41, 5.74) is 9.74. The minimum Gasteiger partial charge on any atom is -0.493 e. The second-order valence-corrected chi connectivity index (χ2v) is 7.02.